The molecule has 0 aromatic heterocycles. The minimum Gasteiger partial charge on any atom is -0.449 e. The van der Waals surface area contributed by atoms with E-state index in [1.165, 1.54) is 0 Å². The molecular weight excluding hydrogens is 212 g/mol. The van der Waals surface area contributed by atoms with Gasteiger partial charge in [0.15, 0.2) is 5.44 Å². The van der Waals surface area contributed by atoms with Crippen molar-refractivity contribution in [1.29, 1.82) is 0 Å². The monoisotopic (exact) mass is 224 g/mol. The lowest BCUT2D eigenvalue weighted by Crippen LogP contribution is -2.19. The Balaban J connectivity index is 2.21. The molecule has 1 saturated heterocycles. The first-order valence-corrected chi connectivity index (χ1v) is 5.86. The van der Waals surface area contributed by atoms with Gasteiger partial charge in [0.25, 0.3) is 0 Å². The molecule has 76 valence electrons. The van der Waals surface area contributed by atoms with E-state index in [2.05, 4.69) is 0 Å². The van der Waals surface area contributed by atoms with Crippen molar-refractivity contribution in [3.8, 4) is 0 Å². The normalized spacial score (nSPS) is 23.6. The van der Waals surface area contributed by atoms with Crippen molar-refractivity contribution in [1.82, 2.24) is 0 Å². The Kier molecular flexibility index (Phi) is 5.58. The van der Waals surface area contributed by atoms with Gasteiger partial charge >= 0.3 is 5.97 Å². The summed E-state index contributed by atoms with van der Waals surface area (Å²) < 4.78 is 10.4. The van der Waals surface area contributed by atoms with Gasteiger partial charge in [-0.25, -0.2) is 0 Å². The first-order chi connectivity index (χ1) is 6.33. The molecule has 0 aromatic rings. The molecule has 13 heavy (non-hydrogen) atoms. The van der Waals surface area contributed by atoms with Crippen molar-refractivity contribution in [2.75, 3.05) is 24.8 Å². The molecule has 0 N–H and O–H groups in total. The highest BCUT2D eigenvalue weighted by Crippen LogP contribution is 2.18. The fourth-order valence-corrected chi connectivity index (χ4v) is 2.02. The van der Waals surface area contributed by atoms with Gasteiger partial charge in [-0.2, -0.15) is 0 Å². The van der Waals surface area contributed by atoms with Crippen molar-refractivity contribution in [2.24, 2.45) is 0 Å². The standard InChI is InChI=1S/C8H13ClO3S/c9-3-2-7(10)12-8-6-11-4-1-5-13-8/h8H,1-6H2. The Morgan fingerprint density at radius 2 is 2.54 bits per heavy atom. The van der Waals surface area contributed by atoms with Crippen LogP contribution < -0.4 is 0 Å². The molecular formula is C8H13ClO3S. The van der Waals surface area contributed by atoms with Gasteiger partial charge < -0.3 is 9.47 Å². The predicted octanol–water partition coefficient (Wildman–Crippen LogP) is 1.64. The Labute approximate surface area is 87.1 Å². The third-order valence-corrected chi connectivity index (χ3v) is 2.87. The third kappa shape index (κ3) is 4.74. The molecule has 1 unspecified atom stereocenters. The summed E-state index contributed by atoms with van der Waals surface area (Å²) in [6.45, 7) is 1.26. The molecule has 0 spiro atoms. The van der Waals surface area contributed by atoms with Crippen LogP contribution in [0.15, 0.2) is 0 Å². The van der Waals surface area contributed by atoms with Crippen LogP contribution in [-0.2, 0) is 14.3 Å². The fourth-order valence-electron chi connectivity index (χ4n) is 0.954. The van der Waals surface area contributed by atoms with Gasteiger partial charge in [0.05, 0.1) is 13.0 Å². The number of carbonyl (C=O) groups excluding carboxylic acids is 1. The van der Waals surface area contributed by atoms with Gasteiger partial charge in [0.1, 0.15) is 0 Å². The molecule has 0 saturated carbocycles. The molecule has 0 radical (unpaired) electrons. The maximum absolute atomic E-state index is 11.0. The van der Waals surface area contributed by atoms with Crippen LogP contribution in [0.25, 0.3) is 0 Å². The summed E-state index contributed by atoms with van der Waals surface area (Å²) in [5.74, 6) is 1.06. The highest BCUT2D eigenvalue weighted by molar-refractivity contribution is 7.99. The molecule has 5 heteroatoms. The highest BCUT2D eigenvalue weighted by Gasteiger charge is 2.16. The highest BCUT2D eigenvalue weighted by atomic mass is 35.5. The summed E-state index contributed by atoms with van der Waals surface area (Å²) in [6.07, 6.45) is 1.30. The number of rotatable bonds is 3. The maximum Gasteiger partial charge on any atom is 0.308 e. The van der Waals surface area contributed by atoms with E-state index in [0.717, 1.165) is 18.8 Å². The molecule has 1 heterocycles. The zero-order valence-electron chi connectivity index (χ0n) is 7.33. The molecule has 1 fully saturated rings. The van der Waals surface area contributed by atoms with Crippen molar-refractivity contribution in [2.45, 2.75) is 18.3 Å². The van der Waals surface area contributed by atoms with Crippen LogP contribution in [0, 0.1) is 0 Å². The van der Waals surface area contributed by atoms with Crippen LogP contribution in [0.3, 0.4) is 0 Å². The quantitative estimate of drug-likeness (QED) is 0.539. The predicted molar refractivity (Wildman–Crippen MR) is 53.1 cm³/mol. The number of ether oxygens (including phenoxy) is 2. The lowest BCUT2D eigenvalue weighted by molar-refractivity contribution is -0.146. The number of carbonyl (C=O) groups is 1. The van der Waals surface area contributed by atoms with Gasteiger partial charge in [-0.1, -0.05) is 0 Å². The summed E-state index contributed by atoms with van der Waals surface area (Å²) >= 11 is 7.03. The summed E-state index contributed by atoms with van der Waals surface area (Å²) in [4.78, 5) is 11.0. The SMILES string of the molecule is O=C(CCCl)OC1COCCCS1. The third-order valence-electron chi connectivity index (χ3n) is 1.55. The van der Waals surface area contributed by atoms with Crippen LogP contribution in [0.2, 0.25) is 0 Å². The van der Waals surface area contributed by atoms with E-state index in [1.54, 1.807) is 11.8 Å². The fraction of sp³-hybridized carbons (Fsp3) is 0.875. The van der Waals surface area contributed by atoms with Gasteiger partial charge in [0.2, 0.25) is 0 Å². The Bertz CT molecular complexity index is 157. The molecule has 0 bridgehead atoms. The zero-order chi connectivity index (χ0) is 9.52. The average Bonchev–Trinajstić information content (AvgIpc) is 2.33. The molecule has 0 aromatic carbocycles. The van der Waals surface area contributed by atoms with Crippen molar-refractivity contribution in [3.05, 3.63) is 0 Å². The second-order valence-electron chi connectivity index (χ2n) is 2.66. The second kappa shape index (κ2) is 6.51. The lowest BCUT2D eigenvalue weighted by atomic mass is 10.5. The van der Waals surface area contributed by atoms with E-state index in [1.807, 2.05) is 0 Å². The summed E-state index contributed by atoms with van der Waals surface area (Å²) in [6, 6.07) is 0. The number of halogens is 1. The van der Waals surface area contributed by atoms with E-state index in [0.29, 0.717) is 12.5 Å². The van der Waals surface area contributed by atoms with Crippen LogP contribution in [0.5, 0.6) is 0 Å². The first kappa shape index (κ1) is 11.1. The smallest absolute Gasteiger partial charge is 0.308 e. The number of hydrogen-bond donors (Lipinski definition) is 0. The molecule has 1 aliphatic heterocycles. The number of esters is 1. The van der Waals surface area contributed by atoms with E-state index >= 15 is 0 Å². The van der Waals surface area contributed by atoms with E-state index in [9.17, 15) is 4.79 Å². The van der Waals surface area contributed by atoms with Gasteiger partial charge in [-0.15, -0.1) is 23.4 Å². The number of thioether (sulfide) groups is 1. The van der Waals surface area contributed by atoms with Crippen LogP contribution in [-0.4, -0.2) is 36.3 Å². The van der Waals surface area contributed by atoms with E-state index in [4.69, 9.17) is 21.1 Å². The van der Waals surface area contributed by atoms with Crippen molar-refractivity contribution >= 4 is 29.3 Å². The largest absolute Gasteiger partial charge is 0.449 e. The molecule has 0 aliphatic carbocycles. The topological polar surface area (TPSA) is 35.5 Å². The molecule has 1 aliphatic rings. The van der Waals surface area contributed by atoms with Gasteiger partial charge in [-0.05, 0) is 12.2 Å². The Hall–Kier alpha value is 0.0700. The van der Waals surface area contributed by atoms with E-state index in [-0.39, 0.29) is 17.8 Å². The summed E-state index contributed by atoms with van der Waals surface area (Å²) in [5, 5.41) is 0. The van der Waals surface area contributed by atoms with E-state index < -0.39 is 0 Å². The van der Waals surface area contributed by atoms with Crippen molar-refractivity contribution < 1.29 is 14.3 Å². The average molecular weight is 225 g/mol. The lowest BCUT2D eigenvalue weighted by Gasteiger charge is -2.13. The van der Waals surface area contributed by atoms with Gasteiger partial charge in [0, 0.05) is 12.5 Å². The van der Waals surface area contributed by atoms with Crippen molar-refractivity contribution in [3.63, 3.8) is 0 Å². The number of hydrogen-bond acceptors (Lipinski definition) is 4. The zero-order valence-corrected chi connectivity index (χ0v) is 8.90. The summed E-state index contributed by atoms with van der Waals surface area (Å²) in [5.41, 5.74) is -0.141. The Morgan fingerprint density at radius 1 is 1.69 bits per heavy atom. The molecule has 3 nitrogen and oxygen atoms in total. The summed E-state index contributed by atoms with van der Waals surface area (Å²) in [7, 11) is 0. The molecule has 1 rings (SSSR count). The maximum atomic E-state index is 11.0. The number of alkyl halides is 1. The van der Waals surface area contributed by atoms with Gasteiger partial charge in [-0.3, -0.25) is 4.79 Å². The molecule has 0 amide bonds. The van der Waals surface area contributed by atoms with Crippen LogP contribution in [0.4, 0.5) is 0 Å². The minimum atomic E-state index is -0.238. The van der Waals surface area contributed by atoms with Crippen LogP contribution >= 0.6 is 23.4 Å². The minimum absolute atomic E-state index is 0.141. The Morgan fingerprint density at radius 3 is 3.31 bits per heavy atom. The first-order valence-electron chi connectivity index (χ1n) is 4.27. The van der Waals surface area contributed by atoms with Crippen LogP contribution in [0.1, 0.15) is 12.8 Å². The second-order valence-corrected chi connectivity index (χ2v) is 4.30. The molecule has 1 atom stereocenters.